The molecule has 0 N–H and O–H groups in total. The molecule has 0 saturated heterocycles. The van der Waals surface area contributed by atoms with Crippen molar-refractivity contribution in [1.29, 1.82) is 0 Å². The van der Waals surface area contributed by atoms with E-state index >= 15 is 0 Å². The Kier molecular flexibility index (Phi) is 9.70. The van der Waals surface area contributed by atoms with Crippen molar-refractivity contribution in [3.05, 3.63) is 253 Å². The van der Waals surface area contributed by atoms with E-state index in [9.17, 15) is 0 Å². The van der Waals surface area contributed by atoms with Gasteiger partial charge in [0, 0.05) is 47.4 Å². The Morgan fingerprint density at radius 1 is 0.547 bits per heavy atom. The maximum atomic E-state index is 4.78. The molecule has 0 bridgehead atoms. The molecule has 0 radical (unpaired) electrons. The molecular weight excluding hydrogens is 811 g/mol. The lowest BCUT2D eigenvalue weighted by molar-refractivity contribution is 0.431. The second kappa shape index (κ2) is 16.0. The Morgan fingerprint density at radius 2 is 1.20 bits per heavy atom. The normalized spacial score (nSPS) is 18.7. The zero-order chi connectivity index (χ0) is 42.6. The first-order valence-corrected chi connectivity index (χ1v) is 23.6. The highest BCUT2D eigenvalue weighted by Gasteiger charge is 2.52. The van der Waals surface area contributed by atoms with Crippen molar-refractivity contribution in [1.82, 2.24) is 0 Å². The van der Waals surface area contributed by atoms with Crippen molar-refractivity contribution < 1.29 is 0 Å². The molecule has 0 spiro atoms. The van der Waals surface area contributed by atoms with Crippen molar-refractivity contribution in [3.8, 4) is 33.4 Å². The van der Waals surface area contributed by atoms with Crippen LogP contribution < -0.4 is 4.90 Å². The maximum Gasteiger partial charge on any atom is 0.0563 e. The minimum atomic E-state index is -0.343. The van der Waals surface area contributed by atoms with E-state index in [1.54, 1.807) is 0 Å². The van der Waals surface area contributed by atoms with Crippen LogP contribution in [0.5, 0.6) is 0 Å². The first-order valence-electron chi connectivity index (χ1n) is 22.3. The first kappa shape index (κ1) is 38.7. The van der Waals surface area contributed by atoms with Crippen molar-refractivity contribution in [3.63, 3.8) is 0 Å². The largest absolute Gasteiger partial charge is 0.334 e. The van der Waals surface area contributed by atoms with E-state index in [4.69, 9.17) is 12.6 Å². The molecule has 306 valence electrons. The summed E-state index contributed by atoms with van der Waals surface area (Å²) in [5.74, 6) is 0.258. The SMILES string of the molecule is Sc1ccccc1-c1cccc(-c2ccc(N(c3ccc(-c4ccccc4)cc3)C3C=CC4=C(C3)C(c3ccccc3)(C3C=CC=CC3)c3ccc5c(sc6ccccc65)c34)cc2)c1. The quantitative estimate of drug-likeness (QED) is 0.149. The molecule has 0 aliphatic heterocycles. The summed E-state index contributed by atoms with van der Waals surface area (Å²) in [5, 5.41) is 2.69. The molecule has 3 heteroatoms. The van der Waals surface area contributed by atoms with Crippen molar-refractivity contribution >= 4 is 61.1 Å². The molecule has 12 rings (SSSR count). The Hall–Kier alpha value is -6.91. The topological polar surface area (TPSA) is 3.24 Å². The lowest BCUT2D eigenvalue weighted by Gasteiger charge is -2.44. The summed E-state index contributed by atoms with van der Waals surface area (Å²) in [6.45, 7) is 0. The second-order valence-corrected chi connectivity index (χ2v) is 18.8. The monoisotopic (exact) mass is 855 g/mol. The summed E-state index contributed by atoms with van der Waals surface area (Å²) in [6, 6.07) is 71.6. The molecule has 3 aliphatic rings. The number of anilines is 2. The smallest absolute Gasteiger partial charge is 0.0563 e. The molecule has 3 unspecified atom stereocenters. The maximum absolute atomic E-state index is 4.78. The zero-order valence-electron chi connectivity index (χ0n) is 35.3. The van der Waals surface area contributed by atoms with Gasteiger partial charge in [0.1, 0.15) is 0 Å². The van der Waals surface area contributed by atoms with E-state index < -0.39 is 0 Å². The Balaban J connectivity index is 1.01. The number of benzene rings is 8. The minimum absolute atomic E-state index is 0.0563. The minimum Gasteiger partial charge on any atom is -0.334 e. The van der Waals surface area contributed by atoms with Crippen LogP contribution in [0.25, 0.3) is 59.1 Å². The number of allylic oxidation sites excluding steroid dienone is 6. The van der Waals surface area contributed by atoms with Gasteiger partial charge in [-0.15, -0.1) is 24.0 Å². The third kappa shape index (κ3) is 6.37. The lowest BCUT2D eigenvalue weighted by atomic mass is 9.60. The Labute approximate surface area is 385 Å². The van der Waals surface area contributed by atoms with Crippen LogP contribution >= 0.6 is 24.0 Å². The molecule has 1 aromatic heterocycles. The molecule has 8 aromatic carbocycles. The van der Waals surface area contributed by atoms with Crippen LogP contribution in [0.1, 0.15) is 29.5 Å². The highest BCUT2D eigenvalue weighted by atomic mass is 32.1. The second-order valence-electron chi connectivity index (χ2n) is 17.2. The van der Waals surface area contributed by atoms with Gasteiger partial charge in [0.15, 0.2) is 0 Å². The van der Waals surface area contributed by atoms with Crippen LogP contribution in [-0.2, 0) is 5.41 Å². The predicted octanol–water partition coefficient (Wildman–Crippen LogP) is 16.7. The Morgan fingerprint density at radius 3 is 1.95 bits per heavy atom. The molecule has 0 saturated carbocycles. The molecular formula is C61H45NS2. The van der Waals surface area contributed by atoms with Crippen molar-refractivity contribution in [2.75, 3.05) is 4.90 Å². The van der Waals surface area contributed by atoms with Gasteiger partial charge in [0.25, 0.3) is 0 Å². The van der Waals surface area contributed by atoms with Gasteiger partial charge < -0.3 is 4.90 Å². The molecule has 64 heavy (non-hydrogen) atoms. The fourth-order valence-electron chi connectivity index (χ4n) is 11.0. The molecule has 1 nitrogen and oxygen atoms in total. The van der Waals surface area contributed by atoms with E-state index in [2.05, 4.69) is 229 Å². The summed E-state index contributed by atoms with van der Waals surface area (Å²) < 4.78 is 2.74. The molecule has 0 fully saturated rings. The summed E-state index contributed by atoms with van der Waals surface area (Å²) in [6.07, 6.45) is 16.2. The van der Waals surface area contributed by atoms with E-state index in [1.807, 2.05) is 17.4 Å². The highest BCUT2D eigenvalue weighted by molar-refractivity contribution is 7.80. The number of nitrogens with zero attached hydrogens (tertiary/aromatic N) is 1. The van der Waals surface area contributed by atoms with Crippen LogP contribution in [0, 0.1) is 5.92 Å². The average molecular weight is 856 g/mol. The lowest BCUT2D eigenvalue weighted by Crippen LogP contribution is -2.40. The van der Waals surface area contributed by atoms with Crippen LogP contribution in [0.2, 0.25) is 0 Å². The number of hydrogen-bond donors (Lipinski definition) is 1. The summed E-state index contributed by atoms with van der Waals surface area (Å²) in [5.41, 5.74) is 16.2. The van der Waals surface area contributed by atoms with E-state index in [-0.39, 0.29) is 17.4 Å². The fraction of sp³-hybridized carbons (Fsp3) is 0.0820. The number of fused-ring (bicyclic) bond motifs is 6. The van der Waals surface area contributed by atoms with E-state index in [0.29, 0.717) is 0 Å². The molecule has 3 atom stereocenters. The summed E-state index contributed by atoms with van der Waals surface area (Å²) >= 11 is 6.73. The van der Waals surface area contributed by atoms with E-state index in [0.717, 1.165) is 23.3 Å². The summed E-state index contributed by atoms with van der Waals surface area (Å²) in [7, 11) is 0. The number of thiophene rings is 1. The van der Waals surface area contributed by atoms with Crippen LogP contribution in [0.3, 0.4) is 0 Å². The summed E-state index contributed by atoms with van der Waals surface area (Å²) in [4.78, 5) is 3.56. The van der Waals surface area contributed by atoms with Gasteiger partial charge in [-0.3, -0.25) is 0 Å². The van der Waals surface area contributed by atoms with Crippen molar-refractivity contribution in [2.24, 2.45) is 5.92 Å². The highest BCUT2D eigenvalue weighted by Crippen LogP contribution is 2.61. The zero-order valence-corrected chi connectivity index (χ0v) is 37.0. The fourth-order valence-corrected chi connectivity index (χ4v) is 12.5. The van der Waals surface area contributed by atoms with Gasteiger partial charge in [0.05, 0.1) is 6.04 Å². The number of rotatable bonds is 8. The van der Waals surface area contributed by atoms with Gasteiger partial charge in [-0.2, -0.15) is 0 Å². The third-order valence-corrected chi connectivity index (χ3v) is 15.4. The van der Waals surface area contributed by atoms with Gasteiger partial charge in [0.2, 0.25) is 0 Å². The van der Waals surface area contributed by atoms with Gasteiger partial charge in [-0.25, -0.2) is 0 Å². The van der Waals surface area contributed by atoms with Crippen LogP contribution in [-0.4, -0.2) is 6.04 Å². The third-order valence-electron chi connectivity index (χ3n) is 13.8. The molecule has 1 heterocycles. The average Bonchev–Trinajstić information content (AvgIpc) is 3.89. The Bertz CT molecular complexity index is 3330. The van der Waals surface area contributed by atoms with Gasteiger partial charge in [-0.1, -0.05) is 188 Å². The predicted molar refractivity (Wildman–Crippen MR) is 276 cm³/mol. The van der Waals surface area contributed by atoms with Crippen LogP contribution in [0.4, 0.5) is 11.4 Å². The molecule has 9 aromatic rings. The number of thiol groups is 1. The van der Waals surface area contributed by atoms with E-state index in [1.165, 1.54) is 87.2 Å². The molecule has 3 aliphatic carbocycles. The van der Waals surface area contributed by atoms with Gasteiger partial charge in [-0.05, 0) is 117 Å². The standard InChI is InChI=1S/C61H45NS2/c63-57-25-12-10-23-51(57)45-18-14-17-44(39-45)43-29-33-49(34-30-43)62(48-31-27-42(28-32-48)41-15-4-1-5-16-41)50-35-36-54-56(40-50)61(46-19-6-2-7-20-46,47-21-8-3-9-22-47)55-38-37-53-52-24-11-13-26-58(52)64-60(53)59(54)55/h1-21,23-39,47,50,63H,22,40H2. The molecule has 0 amide bonds. The van der Waals surface area contributed by atoms with Crippen LogP contribution in [0.15, 0.2) is 241 Å². The van der Waals surface area contributed by atoms with Gasteiger partial charge >= 0.3 is 0 Å². The number of hydrogen-bond acceptors (Lipinski definition) is 3. The first-order chi connectivity index (χ1) is 31.6. The van der Waals surface area contributed by atoms with Crippen molar-refractivity contribution in [2.45, 2.75) is 29.2 Å².